The zero-order chi connectivity index (χ0) is 15.5. The van der Waals surface area contributed by atoms with Crippen molar-refractivity contribution in [3.63, 3.8) is 0 Å². The van der Waals surface area contributed by atoms with E-state index in [1.807, 2.05) is 6.92 Å². The summed E-state index contributed by atoms with van der Waals surface area (Å²) in [4.78, 5) is 0.596. The number of hydrogen-bond acceptors (Lipinski definition) is 3. The lowest BCUT2D eigenvalue weighted by atomic mass is 10.1. The fourth-order valence-electron chi connectivity index (χ4n) is 2.06. The van der Waals surface area contributed by atoms with Crippen molar-refractivity contribution in [2.45, 2.75) is 55.1 Å². The molecule has 2 rings (SSSR count). The highest BCUT2D eigenvalue weighted by Gasteiger charge is 2.34. The second-order valence-electron chi connectivity index (χ2n) is 5.41. The third-order valence-electron chi connectivity index (χ3n) is 3.42. The van der Waals surface area contributed by atoms with Crippen LogP contribution in [0.15, 0.2) is 23.1 Å². The van der Waals surface area contributed by atoms with Gasteiger partial charge >= 0.3 is 6.18 Å². The Kier molecular flexibility index (Phi) is 5.57. The monoisotopic (exact) mass is 319 g/mol. The highest BCUT2D eigenvalue weighted by atomic mass is 32.2. The van der Waals surface area contributed by atoms with Gasteiger partial charge in [-0.1, -0.05) is 13.0 Å². The molecular formula is C15H20F3NOS. The number of nitrogens with one attached hydrogen (secondary N) is 1. The summed E-state index contributed by atoms with van der Waals surface area (Å²) in [6.45, 7) is 2.21. The maximum absolute atomic E-state index is 13.2. The number of halogens is 3. The molecule has 1 aromatic rings. The summed E-state index contributed by atoms with van der Waals surface area (Å²) in [5.41, 5.74) is -0.259. The van der Waals surface area contributed by atoms with Crippen LogP contribution in [0.25, 0.3) is 0 Å². The smallest absolute Gasteiger partial charge is 0.396 e. The summed E-state index contributed by atoms with van der Waals surface area (Å²) in [6.07, 6.45) is -1.67. The molecule has 6 heteroatoms. The number of hydrogen-bond donors (Lipinski definition) is 2. The molecule has 0 spiro atoms. The highest BCUT2D eigenvalue weighted by Crippen LogP contribution is 2.36. The molecule has 0 radical (unpaired) electrons. The molecule has 1 aromatic carbocycles. The summed E-state index contributed by atoms with van der Waals surface area (Å²) >= 11 is 1.36. The van der Waals surface area contributed by atoms with E-state index in [-0.39, 0.29) is 18.4 Å². The Balaban J connectivity index is 2.13. The van der Waals surface area contributed by atoms with E-state index in [0.717, 1.165) is 12.8 Å². The minimum absolute atomic E-state index is 0.0453. The second kappa shape index (κ2) is 7.03. The number of aliphatic hydroxyl groups is 1. The van der Waals surface area contributed by atoms with Gasteiger partial charge in [0.25, 0.3) is 0 Å². The maximum Gasteiger partial charge on any atom is 0.416 e. The van der Waals surface area contributed by atoms with Gasteiger partial charge in [0, 0.05) is 29.3 Å². The standard InChI is InChI=1S/C15H20F3NOS/c1-10(6-7-20)21-13-5-2-11(9-19-12-3-4-12)14(8-13)15(16,17)18/h2,5,8,10,12,19-20H,3-4,6-7,9H2,1H3. The molecule has 0 bridgehead atoms. The normalized spacial score (nSPS) is 17.0. The van der Waals surface area contributed by atoms with E-state index in [1.54, 1.807) is 12.1 Å². The van der Waals surface area contributed by atoms with Crippen LogP contribution in [0.3, 0.4) is 0 Å². The van der Waals surface area contributed by atoms with E-state index in [9.17, 15) is 13.2 Å². The molecule has 1 aliphatic rings. The molecule has 0 saturated heterocycles. The summed E-state index contributed by atoms with van der Waals surface area (Å²) in [5, 5.41) is 12.1. The summed E-state index contributed by atoms with van der Waals surface area (Å²) in [7, 11) is 0. The predicted octanol–water partition coefficient (Wildman–Crippen LogP) is 3.82. The molecule has 0 heterocycles. The van der Waals surface area contributed by atoms with Crippen LogP contribution in [-0.2, 0) is 12.7 Å². The lowest BCUT2D eigenvalue weighted by molar-refractivity contribution is -0.138. The van der Waals surface area contributed by atoms with E-state index in [4.69, 9.17) is 5.11 Å². The van der Waals surface area contributed by atoms with Gasteiger partial charge in [0.2, 0.25) is 0 Å². The molecule has 1 saturated carbocycles. The second-order valence-corrected chi connectivity index (χ2v) is 6.92. The topological polar surface area (TPSA) is 32.3 Å². The van der Waals surface area contributed by atoms with Crippen LogP contribution in [0.4, 0.5) is 13.2 Å². The first-order valence-electron chi connectivity index (χ1n) is 7.11. The average molecular weight is 319 g/mol. The first-order chi connectivity index (χ1) is 9.90. The summed E-state index contributed by atoms with van der Waals surface area (Å²) < 4.78 is 39.5. The number of benzene rings is 1. The molecule has 2 N–H and O–H groups in total. The molecule has 1 atom stereocenters. The van der Waals surface area contributed by atoms with Crippen molar-refractivity contribution in [1.29, 1.82) is 0 Å². The van der Waals surface area contributed by atoms with Crippen LogP contribution >= 0.6 is 11.8 Å². The Morgan fingerprint density at radius 2 is 2.10 bits per heavy atom. The zero-order valence-electron chi connectivity index (χ0n) is 11.9. The van der Waals surface area contributed by atoms with Crippen molar-refractivity contribution in [1.82, 2.24) is 5.32 Å². The molecule has 1 aliphatic carbocycles. The lowest BCUT2D eigenvalue weighted by Crippen LogP contribution is -2.19. The van der Waals surface area contributed by atoms with Crippen molar-refractivity contribution < 1.29 is 18.3 Å². The van der Waals surface area contributed by atoms with Gasteiger partial charge in [-0.25, -0.2) is 0 Å². The molecule has 1 unspecified atom stereocenters. The van der Waals surface area contributed by atoms with Gasteiger partial charge in [-0.2, -0.15) is 13.2 Å². The van der Waals surface area contributed by atoms with Crippen molar-refractivity contribution in [3.05, 3.63) is 29.3 Å². The van der Waals surface area contributed by atoms with Gasteiger partial charge in [0.15, 0.2) is 0 Å². The Morgan fingerprint density at radius 1 is 1.38 bits per heavy atom. The number of aliphatic hydroxyl groups excluding tert-OH is 1. The van der Waals surface area contributed by atoms with Crippen LogP contribution in [-0.4, -0.2) is 23.0 Å². The van der Waals surface area contributed by atoms with E-state index in [2.05, 4.69) is 5.32 Å². The van der Waals surface area contributed by atoms with Gasteiger partial charge < -0.3 is 10.4 Å². The van der Waals surface area contributed by atoms with E-state index in [0.29, 0.717) is 22.9 Å². The maximum atomic E-state index is 13.2. The minimum Gasteiger partial charge on any atom is -0.396 e. The zero-order valence-corrected chi connectivity index (χ0v) is 12.7. The van der Waals surface area contributed by atoms with Gasteiger partial charge in [-0.15, -0.1) is 11.8 Å². The van der Waals surface area contributed by atoms with Crippen LogP contribution in [0, 0.1) is 0 Å². The van der Waals surface area contributed by atoms with Crippen molar-refractivity contribution in [2.24, 2.45) is 0 Å². The van der Waals surface area contributed by atoms with Crippen LogP contribution in [0.2, 0.25) is 0 Å². The Morgan fingerprint density at radius 3 is 2.67 bits per heavy atom. The first-order valence-corrected chi connectivity index (χ1v) is 7.99. The Bertz CT molecular complexity index is 474. The Labute approximate surface area is 127 Å². The van der Waals surface area contributed by atoms with Gasteiger partial charge in [0.1, 0.15) is 0 Å². The predicted molar refractivity (Wildman–Crippen MR) is 78.3 cm³/mol. The van der Waals surface area contributed by atoms with E-state index in [1.165, 1.54) is 17.8 Å². The van der Waals surface area contributed by atoms with Crippen molar-refractivity contribution in [3.8, 4) is 0 Å². The van der Waals surface area contributed by atoms with Crippen molar-refractivity contribution in [2.75, 3.05) is 6.61 Å². The third kappa shape index (κ3) is 5.20. The summed E-state index contributed by atoms with van der Waals surface area (Å²) in [6, 6.07) is 4.90. The molecule has 0 amide bonds. The highest BCUT2D eigenvalue weighted by molar-refractivity contribution is 7.99. The van der Waals surface area contributed by atoms with Gasteiger partial charge in [-0.3, -0.25) is 0 Å². The van der Waals surface area contributed by atoms with E-state index < -0.39 is 11.7 Å². The number of rotatable bonds is 7. The SMILES string of the molecule is CC(CCO)Sc1ccc(CNC2CC2)c(C(F)(F)F)c1. The lowest BCUT2D eigenvalue weighted by Gasteiger charge is -2.16. The Hall–Kier alpha value is -0.720. The molecular weight excluding hydrogens is 299 g/mol. The largest absolute Gasteiger partial charge is 0.416 e. The fraction of sp³-hybridized carbons (Fsp3) is 0.600. The average Bonchev–Trinajstić information content (AvgIpc) is 3.20. The quantitative estimate of drug-likeness (QED) is 0.749. The minimum atomic E-state index is -4.34. The molecule has 118 valence electrons. The van der Waals surface area contributed by atoms with Crippen LogP contribution in [0.1, 0.15) is 37.3 Å². The van der Waals surface area contributed by atoms with Gasteiger partial charge in [0.05, 0.1) is 5.56 Å². The molecule has 1 fully saturated rings. The van der Waals surface area contributed by atoms with Gasteiger partial charge in [-0.05, 0) is 37.0 Å². The first kappa shape index (κ1) is 16.6. The molecule has 2 nitrogen and oxygen atoms in total. The van der Waals surface area contributed by atoms with Crippen LogP contribution in [0.5, 0.6) is 0 Å². The van der Waals surface area contributed by atoms with Crippen molar-refractivity contribution >= 4 is 11.8 Å². The number of thioether (sulfide) groups is 1. The summed E-state index contributed by atoms with van der Waals surface area (Å²) in [5.74, 6) is 0. The molecule has 21 heavy (non-hydrogen) atoms. The third-order valence-corrected chi connectivity index (χ3v) is 4.58. The number of alkyl halides is 3. The van der Waals surface area contributed by atoms with Crippen LogP contribution < -0.4 is 5.32 Å². The molecule has 0 aliphatic heterocycles. The van der Waals surface area contributed by atoms with E-state index >= 15 is 0 Å². The fourth-order valence-corrected chi connectivity index (χ4v) is 3.08. The molecule has 0 aromatic heterocycles.